The Morgan fingerprint density at radius 1 is 1.58 bits per heavy atom. The fraction of sp³-hybridized carbons (Fsp3) is 0.222. The summed E-state index contributed by atoms with van der Waals surface area (Å²) >= 11 is 5.87. The van der Waals surface area contributed by atoms with Crippen molar-refractivity contribution in [2.24, 2.45) is 0 Å². The normalized spacial score (nSPS) is 9.08. The summed E-state index contributed by atoms with van der Waals surface area (Å²) in [6.45, 7) is 2.73. The van der Waals surface area contributed by atoms with Gasteiger partial charge in [-0.3, -0.25) is 0 Å². The lowest BCUT2D eigenvalue weighted by molar-refractivity contribution is 1.21. The molecule has 12 heavy (non-hydrogen) atoms. The van der Waals surface area contributed by atoms with Gasteiger partial charge in [0.2, 0.25) is 0 Å². The van der Waals surface area contributed by atoms with E-state index in [4.69, 9.17) is 16.9 Å². The molecule has 62 valence electrons. The Hall–Kier alpha value is -1.20. The van der Waals surface area contributed by atoms with Gasteiger partial charge in [-0.05, 0) is 19.1 Å². The van der Waals surface area contributed by atoms with E-state index in [0.717, 1.165) is 12.2 Å². The zero-order valence-corrected chi connectivity index (χ0v) is 7.52. The number of rotatable bonds is 2. The molecule has 0 unspecified atom stereocenters. The summed E-state index contributed by atoms with van der Waals surface area (Å²) < 4.78 is 0. The van der Waals surface area contributed by atoms with E-state index in [2.05, 4.69) is 11.4 Å². The van der Waals surface area contributed by atoms with E-state index >= 15 is 0 Å². The van der Waals surface area contributed by atoms with Crippen LogP contribution in [0.15, 0.2) is 18.2 Å². The van der Waals surface area contributed by atoms with Crippen molar-refractivity contribution in [1.29, 1.82) is 5.26 Å². The molecule has 0 spiro atoms. The molecule has 0 atom stereocenters. The summed E-state index contributed by atoms with van der Waals surface area (Å²) in [5.41, 5.74) is 1.31. The van der Waals surface area contributed by atoms with Crippen LogP contribution in [0, 0.1) is 11.3 Å². The number of anilines is 1. The summed E-state index contributed by atoms with van der Waals surface area (Å²) in [5.74, 6) is 0. The number of nitrogens with one attached hydrogen (secondary N) is 1. The zero-order chi connectivity index (χ0) is 8.97. The molecular weight excluding hydrogens is 172 g/mol. The molecule has 0 aliphatic rings. The van der Waals surface area contributed by atoms with Crippen molar-refractivity contribution in [3.8, 4) is 6.07 Å². The maximum Gasteiger partial charge on any atom is 0.101 e. The van der Waals surface area contributed by atoms with E-state index in [0.29, 0.717) is 10.6 Å². The number of hydrogen-bond acceptors (Lipinski definition) is 2. The van der Waals surface area contributed by atoms with Gasteiger partial charge in [-0.1, -0.05) is 17.7 Å². The lowest BCUT2D eigenvalue weighted by atomic mass is 10.2. The molecule has 0 radical (unpaired) electrons. The molecule has 0 aliphatic heterocycles. The van der Waals surface area contributed by atoms with Crippen LogP contribution in [0.25, 0.3) is 0 Å². The van der Waals surface area contributed by atoms with E-state index in [1.54, 1.807) is 18.2 Å². The predicted octanol–water partition coefficient (Wildman–Crippen LogP) is 2.64. The Kier molecular flexibility index (Phi) is 2.95. The van der Waals surface area contributed by atoms with E-state index < -0.39 is 0 Å². The first-order valence-electron chi connectivity index (χ1n) is 3.72. The largest absolute Gasteiger partial charge is 0.383 e. The van der Waals surface area contributed by atoms with Crippen LogP contribution in [-0.2, 0) is 0 Å². The minimum atomic E-state index is 0.587. The first-order valence-corrected chi connectivity index (χ1v) is 4.10. The Morgan fingerprint density at radius 3 is 2.92 bits per heavy atom. The number of hydrogen-bond donors (Lipinski definition) is 1. The lowest BCUT2D eigenvalue weighted by Gasteiger charge is -2.06. The summed E-state index contributed by atoms with van der Waals surface area (Å²) in [4.78, 5) is 0. The van der Waals surface area contributed by atoms with Crippen LogP contribution >= 0.6 is 11.6 Å². The van der Waals surface area contributed by atoms with Gasteiger partial charge in [0.15, 0.2) is 0 Å². The van der Waals surface area contributed by atoms with Crippen LogP contribution in [0.3, 0.4) is 0 Å². The highest BCUT2D eigenvalue weighted by Crippen LogP contribution is 2.24. The van der Waals surface area contributed by atoms with Crippen molar-refractivity contribution in [3.63, 3.8) is 0 Å². The molecular formula is C9H9ClN2. The van der Waals surface area contributed by atoms with Gasteiger partial charge in [-0.15, -0.1) is 0 Å². The Morgan fingerprint density at radius 2 is 2.33 bits per heavy atom. The highest BCUT2D eigenvalue weighted by molar-refractivity contribution is 6.33. The number of benzene rings is 1. The predicted molar refractivity (Wildman–Crippen MR) is 50.3 cm³/mol. The van der Waals surface area contributed by atoms with Crippen LogP contribution in [-0.4, -0.2) is 6.54 Å². The molecule has 0 aliphatic carbocycles. The van der Waals surface area contributed by atoms with Crippen LogP contribution in [0.4, 0.5) is 5.69 Å². The van der Waals surface area contributed by atoms with E-state index in [1.165, 1.54) is 0 Å². The molecule has 0 amide bonds. The van der Waals surface area contributed by atoms with Gasteiger partial charge in [-0.2, -0.15) is 5.26 Å². The quantitative estimate of drug-likeness (QED) is 0.760. The fourth-order valence-corrected chi connectivity index (χ4v) is 1.22. The summed E-state index contributed by atoms with van der Waals surface area (Å²) in [6, 6.07) is 7.34. The van der Waals surface area contributed by atoms with Crippen molar-refractivity contribution in [2.75, 3.05) is 11.9 Å². The molecule has 1 N–H and O–H groups in total. The van der Waals surface area contributed by atoms with Gasteiger partial charge >= 0.3 is 0 Å². The fourth-order valence-electron chi connectivity index (χ4n) is 0.974. The van der Waals surface area contributed by atoms with Crippen molar-refractivity contribution in [3.05, 3.63) is 28.8 Å². The van der Waals surface area contributed by atoms with Gasteiger partial charge in [0.25, 0.3) is 0 Å². The number of halogens is 1. The highest BCUT2D eigenvalue weighted by Gasteiger charge is 2.03. The third-order valence-corrected chi connectivity index (χ3v) is 1.80. The third kappa shape index (κ3) is 1.69. The van der Waals surface area contributed by atoms with Gasteiger partial charge in [0, 0.05) is 6.54 Å². The molecule has 0 heterocycles. The van der Waals surface area contributed by atoms with E-state index in [1.807, 2.05) is 6.92 Å². The average Bonchev–Trinajstić information content (AvgIpc) is 2.09. The summed E-state index contributed by atoms with van der Waals surface area (Å²) in [7, 11) is 0. The minimum Gasteiger partial charge on any atom is -0.383 e. The first-order chi connectivity index (χ1) is 5.79. The maximum atomic E-state index is 8.72. The van der Waals surface area contributed by atoms with E-state index in [-0.39, 0.29) is 0 Å². The standard InChI is InChI=1S/C9H9ClN2/c1-2-12-9-7(6-11)4-3-5-8(9)10/h3-5,12H,2H2,1H3. The van der Waals surface area contributed by atoms with Crippen LogP contribution in [0.5, 0.6) is 0 Å². The van der Waals surface area contributed by atoms with Crippen LogP contribution < -0.4 is 5.32 Å². The molecule has 1 aromatic rings. The topological polar surface area (TPSA) is 35.8 Å². The van der Waals surface area contributed by atoms with Crippen LogP contribution in [0.2, 0.25) is 5.02 Å². The molecule has 0 saturated carbocycles. The number of nitriles is 1. The smallest absolute Gasteiger partial charge is 0.101 e. The second-order valence-electron chi connectivity index (χ2n) is 2.30. The third-order valence-electron chi connectivity index (χ3n) is 1.49. The molecule has 1 aromatic carbocycles. The van der Waals surface area contributed by atoms with Gasteiger partial charge in [-0.25, -0.2) is 0 Å². The second kappa shape index (κ2) is 3.99. The molecule has 2 nitrogen and oxygen atoms in total. The number of para-hydroxylation sites is 1. The maximum absolute atomic E-state index is 8.72. The van der Waals surface area contributed by atoms with Crippen molar-refractivity contribution >= 4 is 17.3 Å². The molecule has 0 saturated heterocycles. The Balaban J connectivity index is 3.13. The Bertz CT molecular complexity index is 315. The average molecular weight is 181 g/mol. The lowest BCUT2D eigenvalue weighted by Crippen LogP contribution is -1.99. The van der Waals surface area contributed by atoms with Crippen molar-refractivity contribution in [1.82, 2.24) is 0 Å². The van der Waals surface area contributed by atoms with Crippen molar-refractivity contribution < 1.29 is 0 Å². The molecule has 1 rings (SSSR count). The van der Waals surface area contributed by atoms with Crippen molar-refractivity contribution in [2.45, 2.75) is 6.92 Å². The minimum absolute atomic E-state index is 0.587. The SMILES string of the molecule is CCNc1c(Cl)cccc1C#N. The van der Waals surface area contributed by atoms with Gasteiger partial charge in [0.05, 0.1) is 16.3 Å². The summed E-state index contributed by atoms with van der Waals surface area (Å²) in [5, 5.41) is 12.4. The van der Waals surface area contributed by atoms with Gasteiger partial charge < -0.3 is 5.32 Å². The monoisotopic (exact) mass is 180 g/mol. The highest BCUT2D eigenvalue weighted by atomic mass is 35.5. The van der Waals surface area contributed by atoms with Gasteiger partial charge in [0.1, 0.15) is 6.07 Å². The molecule has 3 heteroatoms. The molecule has 0 aromatic heterocycles. The summed E-state index contributed by atoms with van der Waals surface area (Å²) in [6.07, 6.45) is 0. The molecule has 0 bridgehead atoms. The van der Waals surface area contributed by atoms with E-state index in [9.17, 15) is 0 Å². The van der Waals surface area contributed by atoms with Crippen LogP contribution in [0.1, 0.15) is 12.5 Å². The molecule has 0 fully saturated rings. The first kappa shape index (κ1) is 8.89. The number of nitrogens with zero attached hydrogens (tertiary/aromatic N) is 1. The second-order valence-corrected chi connectivity index (χ2v) is 2.71. The Labute approximate surface area is 76.8 Å². The zero-order valence-electron chi connectivity index (χ0n) is 6.76.